The minimum atomic E-state index is -4.57. The van der Waals surface area contributed by atoms with Crippen LogP contribution in [-0.4, -0.2) is 18.4 Å². The number of nitrogens with zero attached hydrogens (tertiary/aromatic N) is 1. The Morgan fingerprint density at radius 1 is 1.12 bits per heavy atom. The van der Waals surface area contributed by atoms with Gasteiger partial charge in [0.1, 0.15) is 0 Å². The van der Waals surface area contributed by atoms with Gasteiger partial charge in [0.25, 0.3) is 0 Å². The Hall–Kier alpha value is -2.83. The molecule has 2 aromatic rings. The number of hydrogen-bond donors (Lipinski definition) is 1. The van der Waals surface area contributed by atoms with E-state index in [1.807, 2.05) is 19.1 Å². The molecule has 2 amide bonds. The normalized spacial score (nSPS) is 17.5. The molecule has 0 aliphatic carbocycles. The zero-order valence-corrected chi connectivity index (χ0v) is 14.0. The van der Waals surface area contributed by atoms with Crippen molar-refractivity contribution in [1.29, 1.82) is 0 Å². The van der Waals surface area contributed by atoms with E-state index in [0.717, 1.165) is 11.6 Å². The Kier molecular flexibility index (Phi) is 4.71. The van der Waals surface area contributed by atoms with Crippen LogP contribution in [0.15, 0.2) is 48.5 Å². The molecule has 1 N–H and O–H groups in total. The van der Waals surface area contributed by atoms with E-state index in [-0.39, 0.29) is 24.6 Å². The lowest BCUT2D eigenvalue weighted by atomic mass is 10.1. The molecule has 0 aromatic heterocycles. The van der Waals surface area contributed by atoms with Gasteiger partial charge in [-0.25, -0.2) is 0 Å². The fraction of sp³-hybridized carbons (Fsp3) is 0.263. The highest BCUT2D eigenvalue weighted by Gasteiger charge is 2.37. The number of rotatable bonds is 3. The van der Waals surface area contributed by atoms with Crippen LogP contribution in [0.25, 0.3) is 0 Å². The molecule has 2 aromatic carbocycles. The third kappa shape index (κ3) is 3.56. The summed E-state index contributed by atoms with van der Waals surface area (Å²) in [4.78, 5) is 26.2. The van der Waals surface area contributed by atoms with E-state index in [2.05, 4.69) is 5.32 Å². The fourth-order valence-electron chi connectivity index (χ4n) is 3.06. The summed E-state index contributed by atoms with van der Waals surface area (Å²) in [6.45, 7) is 2.00. The zero-order chi connectivity index (χ0) is 18.9. The van der Waals surface area contributed by atoms with Crippen molar-refractivity contribution in [1.82, 2.24) is 0 Å². The number of alkyl halides is 3. The molecule has 1 unspecified atom stereocenters. The first-order valence-electron chi connectivity index (χ1n) is 8.10. The number of hydrogen-bond acceptors (Lipinski definition) is 2. The van der Waals surface area contributed by atoms with Gasteiger partial charge in [0.15, 0.2) is 0 Å². The average Bonchev–Trinajstić information content (AvgIpc) is 2.97. The molecule has 26 heavy (non-hydrogen) atoms. The van der Waals surface area contributed by atoms with Crippen molar-refractivity contribution in [3.63, 3.8) is 0 Å². The summed E-state index contributed by atoms with van der Waals surface area (Å²) in [6.07, 6.45) is -4.60. The van der Waals surface area contributed by atoms with Crippen molar-refractivity contribution in [3.8, 4) is 0 Å². The Bertz CT molecular complexity index is 849. The highest BCUT2D eigenvalue weighted by atomic mass is 19.4. The Morgan fingerprint density at radius 2 is 1.77 bits per heavy atom. The van der Waals surface area contributed by atoms with Crippen LogP contribution in [0.1, 0.15) is 17.5 Å². The van der Waals surface area contributed by atoms with Gasteiger partial charge in [-0.15, -0.1) is 0 Å². The molecule has 1 atom stereocenters. The van der Waals surface area contributed by atoms with E-state index in [4.69, 9.17) is 0 Å². The molecule has 4 nitrogen and oxygen atoms in total. The molecule has 3 rings (SSSR count). The predicted octanol–water partition coefficient (Wildman–Crippen LogP) is 4.01. The monoisotopic (exact) mass is 362 g/mol. The number of halogens is 3. The number of carbonyl (C=O) groups is 2. The predicted molar refractivity (Wildman–Crippen MR) is 91.7 cm³/mol. The van der Waals surface area contributed by atoms with E-state index < -0.39 is 23.6 Å². The number of benzene rings is 2. The number of aryl methyl sites for hydroxylation is 1. The lowest BCUT2D eigenvalue weighted by Gasteiger charge is -2.19. The van der Waals surface area contributed by atoms with Crippen LogP contribution in [0.2, 0.25) is 0 Å². The average molecular weight is 362 g/mol. The van der Waals surface area contributed by atoms with Gasteiger partial charge in [0, 0.05) is 18.7 Å². The van der Waals surface area contributed by atoms with Gasteiger partial charge < -0.3 is 10.2 Å². The molecule has 0 spiro atoms. The minimum absolute atomic E-state index is 0.0334. The molecular weight excluding hydrogens is 345 g/mol. The largest absolute Gasteiger partial charge is 0.418 e. The molecule has 1 fully saturated rings. The lowest BCUT2D eigenvalue weighted by molar-refractivity contribution is -0.137. The van der Waals surface area contributed by atoms with Crippen LogP contribution < -0.4 is 10.2 Å². The summed E-state index contributed by atoms with van der Waals surface area (Å²) in [5.41, 5.74) is 0.396. The smallest absolute Gasteiger partial charge is 0.325 e. The van der Waals surface area contributed by atoms with Gasteiger partial charge in [0.2, 0.25) is 11.8 Å². The molecule has 0 saturated carbocycles. The van der Waals surface area contributed by atoms with Crippen molar-refractivity contribution in [3.05, 3.63) is 59.7 Å². The maximum absolute atomic E-state index is 13.1. The van der Waals surface area contributed by atoms with Crippen LogP contribution in [-0.2, 0) is 15.8 Å². The van der Waals surface area contributed by atoms with E-state index in [9.17, 15) is 22.8 Å². The van der Waals surface area contributed by atoms with Gasteiger partial charge in [-0.3, -0.25) is 9.59 Å². The fourth-order valence-corrected chi connectivity index (χ4v) is 3.06. The second-order valence-electron chi connectivity index (χ2n) is 6.22. The Morgan fingerprint density at radius 3 is 2.46 bits per heavy atom. The third-order valence-electron chi connectivity index (χ3n) is 4.39. The summed E-state index contributed by atoms with van der Waals surface area (Å²) >= 11 is 0. The first-order chi connectivity index (χ1) is 12.3. The SMILES string of the molecule is Cc1ccccc1N1CC(C(=O)Nc2ccccc2C(F)(F)F)CC1=O. The van der Waals surface area contributed by atoms with Crippen molar-refractivity contribution >= 4 is 23.2 Å². The second kappa shape index (κ2) is 6.82. The van der Waals surface area contributed by atoms with Crippen molar-refractivity contribution in [2.75, 3.05) is 16.8 Å². The molecule has 1 saturated heterocycles. The minimum Gasteiger partial charge on any atom is -0.325 e. The molecule has 136 valence electrons. The molecule has 0 radical (unpaired) electrons. The number of amides is 2. The zero-order valence-electron chi connectivity index (χ0n) is 14.0. The van der Waals surface area contributed by atoms with Crippen molar-refractivity contribution < 1.29 is 22.8 Å². The van der Waals surface area contributed by atoms with Gasteiger partial charge >= 0.3 is 6.18 Å². The van der Waals surface area contributed by atoms with E-state index in [1.54, 1.807) is 12.1 Å². The van der Waals surface area contributed by atoms with Gasteiger partial charge in [-0.2, -0.15) is 13.2 Å². The topological polar surface area (TPSA) is 49.4 Å². The number of carbonyl (C=O) groups excluding carboxylic acids is 2. The summed E-state index contributed by atoms with van der Waals surface area (Å²) in [5, 5.41) is 2.33. The van der Waals surface area contributed by atoms with Gasteiger partial charge in [-0.1, -0.05) is 30.3 Å². The highest BCUT2D eigenvalue weighted by Crippen LogP contribution is 2.35. The molecule has 1 aliphatic heterocycles. The van der Waals surface area contributed by atoms with E-state index >= 15 is 0 Å². The van der Waals surface area contributed by atoms with Crippen LogP contribution in [0.4, 0.5) is 24.5 Å². The van der Waals surface area contributed by atoms with Crippen LogP contribution in [0, 0.1) is 12.8 Å². The van der Waals surface area contributed by atoms with E-state index in [1.165, 1.54) is 23.1 Å². The van der Waals surface area contributed by atoms with Gasteiger partial charge in [-0.05, 0) is 30.7 Å². The standard InChI is InChI=1S/C19H17F3N2O2/c1-12-6-2-5-9-16(12)24-11-13(10-17(24)25)18(26)23-15-8-4-3-7-14(15)19(20,21)22/h2-9,13H,10-11H2,1H3,(H,23,26). The highest BCUT2D eigenvalue weighted by molar-refractivity contribution is 6.04. The molecular formula is C19H17F3N2O2. The van der Waals surface area contributed by atoms with Crippen LogP contribution >= 0.6 is 0 Å². The Labute approximate surface area is 148 Å². The first kappa shape index (κ1) is 18.0. The maximum atomic E-state index is 13.1. The number of para-hydroxylation sites is 2. The molecule has 7 heteroatoms. The van der Waals surface area contributed by atoms with E-state index in [0.29, 0.717) is 5.69 Å². The second-order valence-corrected chi connectivity index (χ2v) is 6.22. The number of nitrogens with one attached hydrogen (secondary N) is 1. The molecule has 0 bridgehead atoms. The summed E-state index contributed by atoms with van der Waals surface area (Å²) in [5.74, 6) is -1.52. The first-order valence-corrected chi connectivity index (χ1v) is 8.10. The summed E-state index contributed by atoms with van der Waals surface area (Å²) in [6, 6.07) is 12.1. The quantitative estimate of drug-likeness (QED) is 0.897. The van der Waals surface area contributed by atoms with Crippen LogP contribution in [0.3, 0.4) is 0 Å². The molecule has 1 aliphatic rings. The lowest BCUT2D eigenvalue weighted by Crippen LogP contribution is -2.29. The van der Waals surface area contributed by atoms with Crippen LogP contribution in [0.5, 0.6) is 0 Å². The van der Waals surface area contributed by atoms with Crippen molar-refractivity contribution in [2.45, 2.75) is 19.5 Å². The molecule has 1 heterocycles. The van der Waals surface area contributed by atoms with Gasteiger partial charge in [0.05, 0.1) is 17.2 Å². The summed E-state index contributed by atoms with van der Waals surface area (Å²) < 4.78 is 39.2. The van der Waals surface area contributed by atoms with Crippen molar-refractivity contribution in [2.24, 2.45) is 5.92 Å². The summed E-state index contributed by atoms with van der Waals surface area (Å²) in [7, 11) is 0. The maximum Gasteiger partial charge on any atom is 0.418 e. The number of anilines is 2. The third-order valence-corrected chi connectivity index (χ3v) is 4.39. The Balaban J connectivity index is 1.77.